The van der Waals surface area contributed by atoms with Gasteiger partial charge in [0.1, 0.15) is 6.04 Å². The van der Waals surface area contributed by atoms with Gasteiger partial charge in [0, 0.05) is 39.5 Å². The van der Waals surface area contributed by atoms with Crippen molar-refractivity contribution in [3.63, 3.8) is 0 Å². The van der Waals surface area contributed by atoms with Crippen molar-refractivity contribution in [3.05, 3.63) is 79.9 Å². The number of nitrogens with one attached hydrogen (secondary N) is 2. The van der Waals surface area contributed by atoms with E-state index in [-0.39, 0.29) is 40.0 Å². The summed E-state index contributed by atoms with van der Waals surface area (Å²) in [5.41, 5.74) is 2.66. The molecular formula is C24H25Cl2N5O4. The molecule has 0 unspecified atom stereocenters. The highest BCUT2D eigenvalue weighted by Crippen LogP contribution is 2.23. The lowest BCUT2D eigenvalue weighted by atomic mass is 9.99. The van der Waals surface area contributed by atoms with Crippen LogP contribution in [0.1, 0.15) is 21.5 Å². The standard InChI is InChI=1S/C24H25Cl2N5O4/c1-14-11-29-31(2)24(34)20(14)16-6-4-15(5-7-16)10-19(22(32)28-8-9-35-3)30-23(33)21-17(25)12-27-13-18(21)26/h4-7,11-13,19H,8-10H2,1-3H3,(H,28,32)(H,30,33)/t19-/m0/s1. The van der Waals surface area contributed by atoms with Crippen molar-refractivity contribution in [2.45, 2.75) is 19.4 Å². The topological polar surface area (TPSA) is 115 Å². The Labute approximate surface area is 212 Å². The van der Waals surface area contributed by atoms with Crippen LogP contribution in [0, 0.1) is 6.92 Å². The molecule has 11 heteroatoms. The molecule has 2 N–H and O–H groups in total. The van der Waals surface area contributed by atoms with E-state index in [1.165, 1.54) is 24.2 Å². The molecular weight excluding hydrogens is 493 g/mol. The number of benzene rings is 1. The summed E-state index contributed by atoms with van der Waals surface area (Å²) >= 11 is 12.2. The third kappa shape index (κ3) is 6.45. The Hall–Kier alpha value is -3.27. The minimum absolute atomic E-state index is 0.0392. The fraction of sp³-hybridized carbons (Fsp3) is 0.292. The van der Waals surface area contributed by atoms with Gasteiger partial charge in [-0.1, -0.05) is 47.5 Å². The number of carbonyl (C=O) groups excluding carboxylic acids is 2. The summed E-state index contributed by atoms with van der Waals surface area (Å²) in [6.45, 7) is 2.42. The first-order valence-electron chi connectivity index (χ1n) is 10.7. The van der Waals surface area contributed by atoms with Crippen molar-refractivity contribution in [1.82, 2.24) is 25.4 Å². The summed E-state index contributed by atoms with van der Waals surface area (Å²) in [6, 6.07) is 6.31. The molecule has 0 saturated carbocycles. The molecule has 0 radical (unpaired) electrons. The zero-order chi connectivity index (χ0) is 25.5. The maximum atomic E-state index is 12.9. The van der Waals surface area contributed by atoms with Gasteiger partial charge in [-0.3, -0.25) is 19.4 Å². The Balaban J connectivity index is 1.85. The number of ether oxygens (including phenoxy) is 1. The zero-order valence-electron chi connectivity index (χ0n) is 19.5. The Bertz CT molecular complexity index is 1260. The maximum absolute atomic E-state index is 12.9. The van der Waals surface area contributed by atoms with Crippen LogP contribution in [0.3, 0.4) is 0 Å². The van der Waals surface area contributed by atoms with Gasteiger partial charge in [0.25, 0.3) is 11.5 Å². The summed E-state index contributed by atoms with van der Waals surface area (Å²) in [4.78, 5) is 42.2. The largest absolute Gasteiger partial charge is 0.383 e. The number of carbonyl (C=O) groups is 2. The number of pyridine rings is 1. The van der Waals surface area contributed by atoms with Crippen LogP contribution >= 0.6 is 23.2 Å². The first-order chi connectivity index (χ1) is 16.7. The van der Waals surface area contributed by atoms with Crippen molar-refractivity contribution >= 4 is 35.0 Å². The van der Waals surface area contributed by atoms with E-state index in [2.05, 4.69) is 20.7 Å². The van der Waals surface area contributed by atoms with Gasteiger partial charge >= 0.3 is 0 Å². The monoisotopic (exact) mass is 517 g/mol. The molecule has 35 heavy (non-hydrogen) atoms. The zero-order valence-corrected chi connectivity index (χ0v) is 21.0. The Morgan fingerprint density at radius 2 is 1.77 bits per heavy atom. The summed E-state index contributed by atoms with van der Waals surface area (Å²) in [5.74, 6) is -0.985. The van der Waals surface area contributed by atoms with Crippen LogP contribution in [-0.4, -0.2) is 52.9 Å². The van der Waals surface area contributed by atoms with E-state index in [4.69, 9.17) is 27.9 Å². The van der Waals surface area contributed by atoms with Gasteiger partial charge < -0.3 is 15.4 Å². The van der Waals surface area contributed by atoms with Crippen molar-refractivity contribution < 1.29 is 14.3 Å². The van der Waals surface area contributed by atoms with Crippen molar-refractivity contribution in [2.75, 3.05) is 20.3 Å². The van der Waals surface area contributed by atoms with E-state index < -0.39 is 11.9 Å². The molecule has 3 aromatic rings. The Morgan fingerprint density at radius 3 is 2.40 bits per heavy atom. The van der Waals surface area contributed by atoms with E-state index in [1.807, 2.05) is 19.1 Å². The molecule has 1 aromatic carbocycles. The highest BCUT2D eigenvalue weighted by atomic mass is 35.5. The molecule has 0 fully saturated rings. The normalized spacial score (nSPS) is 11.7. The van der Waals surface area contributed by atoms with Gasteiger partial charge in [-0.05, 0) is 23.6 Å². The minimum atomic E-state index is -0.916. The van der Waals surface area contributed by atoms with E-state index in [1.54, 1.807) is 25.4 Å². The lowest BCUT2D eigenvalue weighted by Gasteiger charge is -2.19. The van der Waals surface area contributed by atoms with Crippen LogP contribution in [0.25, 0.3) is 11.1 Å². The summed E-state index contributed by atoms with van der Waals surface area (Å²) < 4.78 is 6.26. The molecule has 2 amide bonds. The maximum Gasteiger partial charge on any atom is 0.274 e. The predicted octanol–water partition coefficient (Wildman–Crippen LogP) is 2.56. The molecule has 2 aromatic heterocycles. The predicted molar refractivity (Wildman–Crippen MR) is 134 cm³/mol. The van der Waals surface area contributed by atoms with Gasteiger partial charge in [-0.15, -0.1) is 0 Å². The lowest BCUT2D eigenvalue weighted by Crippen LogP contribution is -2.48. The second kappa shape index (κ2) is 11.9. The fourth-order valence-corrected chi connectivity index (χ4v) is 4.02. The second-order valence-corrected chi connectivity index (χ2v) is 8.63. The lowest BCUT2D eigenvalue weighted by molar-refractivity contribution is -0.123. The highest BCUT2D eigenvalue weighted by molar-refractivity contribution is 6.39. The fourth-order valence-electron chi connectivity index (χ4n) is 3.48. The van der Waals surface area contributed by atoms with E-state index in [9.17, 15) is 14.4 Å². The Kier molecular flexibility index (Phi) is 8.97. The van der Waals surface area contributed by atoms with Crippen molar-refractivity contribution in [2.24, 2.45) is 7.05 Å². The molecule has 1 atom stereocenters. The number of aryl methyl sites for hydroxylation is 2. The number of amides is 2. The van der Waals surface area contributed by atoms with Crippen LogP contribution in [0.5, 0.6) is 0 Å². The number of hydrogen-bond donors (Lipinski definition) is 2. The first kappa shape index (κ1) is 26.3. The number of rotatable bonds is 9. The molecule has 0 aliphatic rings. The molecule has 9 nitrogen and oxygen atoms in total. The average molecular weight is 518 g/mol. The van der Waals surface area contributed by atoms with Crippen molar-refractivity contribution in [1.29, 1.82) is 0 Å². The van der Waals surface area contributed by atoms with Crippen LogP contribution in [0.2, 0.25) is 10.0 Å². The van der Waals surface area contributed by atoms with Gasteiger partial charge in [-0.2, -0.15) is 5.10 Å². The first-order valence-corrected chi connectivity index (χ1v) is 11.5. The number of hydrogen-bond acceptors (Lipinski definition) is 6. The highest BCUT2D eigenvalue weighted by Gasteiger charge is 2.24. The average Bonchev–Trinajstić information content (AvgIpc) is 2.82. The van der Waals surface area contributed by atoms with E-state index in [0.717, 1.165) is 16.7 Å². The molecule has 0 spiro atoms. The molecule has 0 aliphatic carbocycles. The van der Waals surface area contributed by atoms with Crippen LogP contribution in [0.4, 0.5) is 0 Å². The van der Waals surface area contributed by atoms with Crippen LogP contribution < -0.4 is 16.2 Å². The SMILES string of the molecule is COCCNC(=O)[C@H](Cc1ccc(-c2c(C)cnn(C)c2=O)cc1)NC(=O)c1c(Cl)cncc1Cl. The van der Waals surface area contributed by atoms with Crippen LogP contribution in [-0.2, 0) is 23.0 Å². The number of nitrogens with zero attached hydrogens (tertiary/aromatic N) is 3. The number of methoxy groups -OCH3 is 1. The van der Waals surface area contributed by atoms with Gasteiger partial charge in [0.15, 0.2) is 0 Å². The number of aromatic nitrogens is 3. The summed E-state index contributed by atoms with van der Waals surface area (Å²) in [6.07, 6.45) is 4.44. The summed E-state index contributed by atoms with van der Waals surface area (Å²) in [5, 5.41) is 9.63. The third-order valence-corrected chi connectivity index (χ3v) is 5.89. The summed E-state index contributed by atoms with van der Waals surface area (Å²) in [7, 11) is 3.12. The van der Waals surface area contributed by atoms with Crippen molar-refractivity contribution in [3.8, 4) is 11.1 Å². The second-order valence-electron chi connectivity index (χ2n) is 7.82. The smallest absolute Gasteiger partial charge is 0.274 e. The van der Waals surface area contributed by atoms with E-state index >= 15 is 0 Å². The molecule has 0 bridgehead atoms. The van der Waals surface area contributed by atoms with Crippen LogP contribution in [0.15, 0.2) is 47.7 Å². The molecule has 3 rings (SSSR count). The number of halogens is 2. The molecule has 184 valence electrons. The van der Waals surface area contributed by atoms with Gasteiger partial charge in [-0.25, -0.2) is 4.68 Å². The van der Waals surface area contributed by atoms with Gasteiger partial charge in [0.05, 0.1) is 34.0 Å². The quantitative estimate of drug-likeness (QED) is 0.421. The minimum Gasteiger partial charge on any atom is -0.383 e. The molecule has 0 saturated heterocycles. The molecule has 0 aliphatic heterocycles. The Morgan fingerprint density at radius 1 is 1.11 bits per heavy atom. The van der Waals surface area contributed by atoms with E-state index in [0.29, 0.717) is 12.2 Å². The van der Waals surface area contributed by atoms with Gasteiger partial charge in [0.2, 0.25) is 5.91 Å². The third-order valence-electron chi connectivity index (χ3n) is 5.32. The molecule has 2 heterocycles.